The van der Waals surface area contributed by atoms with E-state index >= 15 is 0 Å². The number of aromatic carboxylic acids is 1. The molecule has 1 aliphatic rings. The second-order valence-electron chi connectivity index (χ2n) is 8.37. The number of hydrogen-bond acceptors (Lipinski definition) is 3. The molecule has 0 unspecified atom stereocenters. The molecule has 0 aliphatic carbocycles. The predicted octanol–water partition coefficient (Wildman–Crippen LogP) is 6.03. The molecule has 0 spiro atoms. The normalized spacial score (nSPS) is 14.1. The van der Waals surface area contributed by atoms with Gasteiger partial charge in [-0.05, 0) is 84.5 Å². The molecule has 6 heteroatoms. The number of carboxylic acids is 1. The first-order chi connectivity index (χ1) is 16.5. The Morgan fingerprint density at radius 3 is 1.79 bits per heavy atom. The minimum absolute atomic E-state index is 0.241. The first-order valence-electron chi connectivity index (χ1n) is 11.4. The molecule has 3 aromatic carbocycles. The average Bonchev–Trinajstić information content (AvgIpc) is 2.85. The van der Waals surface area contributed by atoms with E-state index in [1.165, 1.54) is 42.0 Å². The van der Waals surface area contributed by atoms with E-state index < -0.39 is 5.97 Å². The molecule has 4 nitrogen and oxygen atoms in total. The molecule has 1 N–H and O–H groups in total. The number of likely N-dealkylation sites (tertiary alicyclic amines) is 1. The lowest BCUT2D eigenvalue weighted by atomic mass is 9.88. The Hall–Kier alpha value is -3.51. The fourth-order valence-corrected chi connectivity index (χ4v) is 4.28. The van der Waals surface area contributed by atoms with Gasteiger partial charge in [0.2, 0.25) is 0 Å². The Morgan fingerprint density at radius 2 is 1.29 bits per heavy atom. The van der Waals surface area contributed by atoms with Crippen molar-refractivity contribution in [1.29, 1.82) is 0 Å². The highest BCUT2D eigenvalue weighted by Gasteiger charge is 2.19. The molecule has 176 valence electrons. The van der Waals surface area contributed by atoms with E-state index in [0.29, 0.717) is 12.4 Å². The molecule has 34 heavy (non-hydrogen) atoms. The number of carbonyl (C=O) groups is 1. The van der Waals surface area contributed by atoms with E-state index in [1.54, 1.807) is 36.4 Å². The van der Waals surface area contributed by atoms with Crippen molar-refractivity contribution < 1.29 is 23.4 Å². The maximum absolute atomic E-state index is 13.5. The molecule has 4 rings (SSSR count). The van der Waals surface area contributed by atoms with Gasteiger partial charge in [0.05, 0.1) is 12.2 Å². The van der Waals surface area contributed by atoms with Gasteiger partial charge in [0, 0.05) is 19.6 Å². The summed E-state index contributed by atoms with van der Waals surface area (Å²) in [6.45, 7) is 3.29. The Balaban J connectivity index is 1.35. The van der Waals surface area contributed by atoms with Gasteiger partial charge in [-0.25, -0.2) is 13.6 Å². The van der Waals surface area contributed by atoms with Gasteiger partial charge in [-0.3, -0.25) is 0 Å². The first-order valence-corrected chi connectivity index (χ1v) is 11.4. The van der Waals surface area contributed by atoms with Crippen molar-refractivity contribution in [2.75, 3.05) is 26.2 Å². The number of halogens is 2. The van der Waals surface area contributed by atoms with Crippen molar-refractivity contribution in [2.24, 2.45) is 0 Å². The number of hydrogen-bond donors (Lipinski definition) is 1. The van der Waals surface area contributed by atoms with E-state index in [0.717, 1.165) is 55.6 Å². The van der Waals surface area contributed by atoms with Gasteiger partial charge < -0.3 is 14.7 Å². The minimum atomic E-state index is -0.952. The monoisotopic (exact) mass is 463 g/mol. The van der Waals surface area contributed by atoms with Gasteiger partial charge in [0.15, 0.2) is 0 Å². The lowest BCUT2D eigenvalue weighted by Crippen LogP contribution is -2.32. The maximum Gasteiger partial charge on any atom is 0.335 e. The molecular formula is C28H27F2NO3. The maximum atomic E-state index is 13.5. The van der Waals surface area contributed by atoms with Crippen LogP contribution in [0.1, 0.15) is 40.7 Å². The van der Waals surface area contributed by atoms with E-state index in [2.05, 4.69) is 4.90 Å². The second-order valence-corrected chi connectivity index (χ2v) is 8.37. The predicted molar refractivity (Wildman–Crippen MR) is 128 cm³/mol. The number of nitrogens with zero attached hydrogens (tertiary/aromatic N) is 1. The van der Waals surface area contributed by atoms with E-state index in [1.807, 2.05) is 0 Å². The fraction of sp³-hybridized carbons (Fsp3) is 0.250. The van der Waals surface area contributed by atoms with Crippen LogP contribution in [-0.2, 0) is 0 Å². The fourth-order valence-electron chi connectivity index (χ4n) is 4.28. The van der Waals surface area contributed by atoms with Gasteiger partial charge in [-0.1, -0.05) is 29.8 Å². The number of carboxylic acid groups (broad SMARTS) is 1. The van der Waals surface area contributed by atoms with Crippen LogP contribution in [0, 0.1) is 11.6 Å². The zero-order valence-corrected chi connectivity index (χ0v) is 18.8. The van der Waals surface area contributed by atoms with Crippen molar-refractivity contribution in [3.8, 4) is 5.75 Å². The highest BCUT2D eigenvalue weighted by molar-refractivity contribution is 5.87. The van der Waals surface area contributed by atoms with Gasteiger partial charge in [0.25, 0.3) is 0 Å². The molecular weight excluding hydrogens is 436 g/mol. The van der Waals surface area contributed by atoms with Crippen molar-refractivity contribution >= 4 is 11.5 Å². The van der Waals surface area contributed by atoms with Crippen LogP contribution in [-0.4, -0.2) is 42.2 Å². The third-order valence-electron chi connectivity index (χ3n) is 6.07. The standard InChI is InChI=1S/C28H27F2NO3/c29-24-8-2-20(3-9-24)27(21-4-10-25(30)11-5-21)22-14-17-31(18-15-22)16-1-19-34-26-12-6-23(7-13-26)28(32)33/h2-13H,1,14-19H2,(H,32,33). The summed E-state index contributed by atoms with van der Waals surface area (Å²) in [5.74, 6) is -0.840. The summed E-state index contributed by atoms with van der Waals surface area (Å²) in [6.07, 6.45) is 2.64. The van der Waals surface area contributed by atoms with Crippen LogP contribution >= 0.6 is 0 Å². The molecule has 0 amide bonds. The van der Waals surface area contributed by atoms with Crippen LogP contribution in [0.25, 0.3) is 5.57 Å². The third kappa shape index (κ3) is 6.08. The summed E-state index contributed by atoms with van der Waals surface area (Å²) < 4.78 is 32.7. The van der Waals surface area contributed by atoms with Gasteiger partial charge in [0.1, 0.15) is 17.4 Å². The molecule has 0 bridgehead atoms. The molecule has 1 fully saturated rings. The third-order valence-corrected chi connectivity index (χ3v) is 6.07. The zero-order chi connectivity index (χ0) is 23.9. The Labute approximate surface area is 198 Å². The van der Waals surface area contributed by atoms with Gasteiger partial charge in [-0.2, -0.15) is 0 Å². The molecule has 1 saturated heterocycles. The smallest absolute Gasteiger partial charge is 0.335 e. The van der Waals surface area contributed by atoms with Crippen molar-refractivity contribution in [3.63, 3.8) is 0 Å². The van der Waals surface area contributed by atoms with Crippen LogP contribution < -0.4 is 4.74 Å². The lowest BCUT2D eigenvalue weighted by Gasteiger charge is -2.30. The number of piperidine rings is 1. The lowest BCUT2D eigenvalue weighted by molar-refractivity contribution is 0.0697. The summed E-state index contributed by atoms with van der Waals surface area (Å²) in [5.41, 5.74) is 4.49. The minimum Gasteiger partial charge on any atom is -0.494 e. The quantitative estimate of drug-likeness (QED) is 0.415. The Morgan fingerprint density at radius 1 is 0.794 bits per heavy atom. The highest BCUT2D eigenvalue weighted by Crippen LogP contribution is 2.32. The summed E-state index contributed by atoms with van der Waals surface area (Å²) >= 11 is 0. The van der Waals surface area contributed by atoms with E-state index in [9.17, 15) is 13.6 Å². The van der Waals surface area contributed by atoms with E-state index in [4.69, 9.17) is 9.84 Å². The van der Waals surface area contributed by atoms with Gasteiger partial charge in [-0.15, -0.1) is 0 Å². The van der Waals surface area contributed by atoms with Gasteiger partial charge >= 0.3 is 5.97 Å². The second kappa shape index (κ2) is 11.1. The summed E-state index contributed by atoms with van der Waals surface area (Å²) in [7, 11) is 0. The SMILES string of the molecule is O=C(O)c1ccc(OCCCN2CCC(=C(c3ccc(F)cc3)c3ccc(F)cc3)CC2)cc1. The molecule has 3 aromatic rings. The van der Waals surface area contributed by atoms with Crippen LogP contribution in [0.15, 0.2) is 78.4 Å². The Bertz CT molecular complexity index is 1080. The molecule has 1 heterocycles. The van der Waals surface area contributed by atoms with Crippen LogP contribution in [0.4, 0.5) is 8.78 Å². The van der Waals surface area contributed by atoms with Crippen molar-refractivity contribution in [1.82, 2.24) is 4.90 Å². The Kier molecular flexibility index (Phi) is 7.70. The number of benzene rings is 3. The van der Waals surface area contributed by atoms with Crippen molar-refractivity contribution in [3.05, 3.63) is 107 Å². The molecule has 0 radical (unpaired) electrons. The van der Waals surface area contributed by atoms with Crippen LogP contribution in [0.5, 0.6) is 5.75 Å². The van der Waals surface area contributed by atoms with E-state index in [-0.39, 0.29) is 17.2 Å². The topological polar surface area (TPSA) is 49.8 Å². The highest BCUT2D eigenvalue weighted by atomic mass is 19.1. The van der Waals surface area contributed by atoms with Crippen LogP contribution in [0.3, 0.4) is 0 Å². The number of ether oxygens (including phenoxy) is 1. The van der Waals surface area contributed by atoms with Crippen LogP contribution in [0.2, 0.25) is 0 Å². The average molecular weight is 464 g/mol. The summed E-state index contributed by atoms with van der Waals surface area (Å²) in [5, 5.41) is 8.96. The molecule has 0 saturated carbocycles. The van der Waals surface area contributed by atoms with Crippen molar-refractivity contribution in [2.45, 2.75) is 19.3 Å². The first kappa shape index (κ1) is 23.6. The summed E-state index contributed by atoms with van der Waals surface area (Å²) in [6, 6.07) is 19.4. The molecule has 1 aliphatic heterocycles. The molecule has 0 atom stereocenters. The number of rotatable bonds is 8. The summed E-state index contributed by atoms with van der Waals surface area (Å²) in [4.78, 5) is 13.3. The largest absolute Gasteiger partial charge is 0.494 e. The molecule has 0 aromatic heterocycles. The zero-order valence-electron chi connectivity index (χ0n) is 18.8.